The van der Waals surface area contributed by atoms with Crippen LogP contribution in [-0.2, 0) is 9.53 Å². The van der Waals surface area contributed by atoms with Crippen LogP contribution in [0.25, 0.3) is 0 Å². The second-order valence-corrected chi connectivity index (χ2v) is 4.49. The summed E-state index contributed by atoms with van der Waals surface area (Å²) in [6.45, 7) is 3.82. The zero-order valence-electron chi connectivity index (χ0n) is 10.4. The van der Waals surface area contributed by atoms with E-state index in [-0.39, 0.29) is 30.9 Å². The van der Waals surface area contributed by atoms with Gasteiger partial charge in [0.25, 0.3) is 5.91 Å². The fourth-order valence-corrected chi connectivity index (χ4v) is 1.43. The van der Waals surface area contributed by atoms with Crippen LogP contribution < -0.4 is 5.32 Å². The Hall–Kier alpha value is -1.55. The summed E-state index contributed by atoms with van der Waals surface area (Å²) in [5, 5.41) is 3.22. The van der Waals surface area contributed by atoms with Gasteiger partial charge in [0, 0.05) is 17.1 Å². The number of esters is 1. The summed E-state index contributed by atoms with van der Waals surface area (Å²) >= 11 is 5.72. The molecule has 1 amide bonds. The Morgan fingerprint density at radius 3 is 2.44 bits per heavy atom. The quantitative estimate of drug-likeness (QED) is 0.835. The Morgan fingerprint density at radius 2 is 1.89 bits per heavy atom. The molecule has 0 unspecified atom stereocenters. The lowest BCUT2D eigenvalue weighted by molar-refractivity contribution is -0.147. The lowest BCUT2D eigenvalue weighted by atomic mass is 10.2. The highest BCUT2D eigenvalue weighted by Crippen LogP contribution is 2.09. The predicted octanol–water partition coefficient (Wildman–Crippen LogP) is 2.41. The van der Waals surface area contributed by atoms with Gasteiger partial charge in [-0.3, -0.25) is 9.59 Å². The number of ether oxygens (including phenoxy) is 1. The maximum atomic E-state index is 11.7. The van der Waals surface area contributed by atoms with Crippen LogP contribution in [0.5, 0.6) is 0 Å². The van der Waals surface area contributed by atoms with E-state index >= 15 is 0 Å². The standard InChI is InChI=1S/C13H16ClNO3/c1-9(2)18-12(16)7-8-15-13(17)10-3-5-11(14)6-4-10/h3-6,9H,7-8H2,1-2H3,(H,15,17). The van der Waals surface area contributed by atoms with Crippen molar-refractivity contribution in [1.82, 2.24) is 5.32 Å². The summed E-state index contributed by atoms with van der Waals surface area (Å²) in [4.78, 5) is 22.9. The molecule has 1 aromatic rings. The number of halogens is 1. The molecule has 0 aromatic heterocycles. The van der Waals surface area contributed by atoms with E-state index in [0.717, 1.165) is 0 Å². The van der Waals surface area contributed by atoms with Gasteiger partial charge in [-0.1, -0.05) is 11.6 Å². The maximum Gasteiger partial charge on any atom is 0.307 e. The van der Waals surface area contributed by atoms with Crippen molar-refractivity contribution in [2.75, 3.05) is 6.54 Å². The van der Waals surface area contributed by atoms with Crippen LogP contribution in [0.3, 0.4) is 0 Å². The molecule has 18 heavy (non-hydrogen) atoms. The normalized spacial score (nSPS) is 10.2. The molecular weight excluding hydrogens is 254 g/mol. The average Bonchev–Trinajstić information content (AvgIpc) is 2.28. The molecule has 4 nitrogen and oxygen atoms in total. The first-order valence-corrected chi connectivity index (χ1v) is 6.10. The lowest BCUT2D eigenvalue weighted by Crippen LogP contribution is -2.27. The van der Waals surface area contributed by atoms with E-state index in [4.69, 9.17) is 16.3 Å². The summed E-state index contributed by atoms with van der Waals surface area (Å²) in [7, 11) is 0. The first-order chi connectivity index (χ1) is 8.49. The van der Waals surface area contributed by atoms with E-state index in [1.54, 1.807) is 38.1 Å². The van der Waals surface area contributed by atoms with Gasteiger partial charge in [0.1, 0.15) is 0 Å². The van der Waals surface area contributed by atoms with Gasteiger partial charge in [0.2, 0.25) is 0 Å². The largest absolute Gasteiger partial charge is 0.463 e. The molecule has 0 saturated heterocycles. The Morgan fingerprint density at radius 1 is 1.28 bits per heavy atom. The Bertz CT molecular complexity index is 415. The maximum absolute atomic E-state index is 11.7. The molecule has 0 aliphatic carbocycles. The Labute approximate surface area is 111 Å². The number of rotatable bonds is 5. The van der Waals surface area contributed by atoms with Crippen molar-refractivity contribution in [3.63, 3.8) is 0 Å². The number of hydrogen-bond acceptors (Lipinski definition) is 3. The van der Waals surface area contributed by atoms with E-state index in [1.165, 1.54) is 0 Å². The third-order valence-electron chi connectivity index (χ3n) is 2.09. The summed E-state index contributed by atoms with van der Waals surface area (Å²) in [5.41, 5.74) is 0.511. The zero-order chi connectivity index (χ0) is 13.5. The van der Waals surface area contributed by atoms with Crippen molar-refractivity contribution in [3.05, 3.63) is 34.9 Å². The smallest absolute Gasteiger partial charge is 0.307 e. The number of hydrogen-bond donors (Lipinski definition) is 1. The Kier molecular flexibility index (Phi) is 5.65. The van der Waals surface area contributed by atoms with Crippen LogP contribution in [0, 0.1) is 0 Å². The number of benzene rings is 1. The third kappa shape index (κ3) is 5.19. The van der Waals surface area contributed by atoms with Crippen LogP contribution in [0.4, 0.5) is 0 Å². The van der Waals surface area contributed by atoms with E-state index in [2.05, 4.69) is 5.32 Å². The van der Waals surface area contributed by atoms with Crippen molar-refractivity contribution in [1.29, 1.82) is 0 Å². The minimum absolute atomic E-state index is 0.135. The molecule has 5 heteroatoms. The molecule has 0 spiro atoms. The number of nitrogens with one attached hydrogen (secondary N) is 1. The summed E-state index contributed by atoms with van der Waals surface area (Å²) in [5.74, 6) is -0.551. The first-order valence-electron chi connectivity index (χ1n) is 5.72. The van der Waals surface area contributed by atoms with Gasteiger partial charge in [0.15, 0.2) is 0 Å². The highest BCUT2D eigenvalue weighted by molar-refractivity contribution is 6.30. The summed E-state index contributed by atoms with van der Waals surface area (Å²) in [6, 6.07) is 6.54. The fraction of sp³-hybridized carbons (Fsp3) is 0.385. The van der Waals surface area contributed by atoms with Crippen LogP contribution in [0.15, 0.2) is 24.3 Å². The SMILES string of the molecule is CC(C)OC(=O)CCNC(=O)c1ccc(Cl)cc1. The topological polar surface area (TPSA) is 55.4 Å². The van der Waals surface area contributed by atoms with Crippen LogP contribution in [0.2, 0.25) is 5.02 Å². The van der Waals surface area contributed by atoms with Crippen molar-refractivity contribution >= 4 is 23.5 Å². The fourth-order valence-electron chi connectivity index (χ4n) is 1.30. The molecule has 0 radical (unpaired) electrons. The number of amides is 1. The highest BCUT2D eigenvalue weighted by atomic mass is 35.5. The van der Waals surface area contributed by atoms with Gasteiger partial charge in [-0.15, -0.1) is 0 Å². The molecule has 0 bridgehead atoms. The molecule has 0 saturated carbocycles. The second-order valence-electron chi connectivity index (χ2n) is 4.05. The van der Waals surface area contributed by atoms with Gasteiger partial charge in [0.05, 0.1) is 12.5 Å². The van der Waals surface area contributed by atoms with Crippen molar-refractivity contribution in [2.24, 2.45) is 0 Å². The molecule has 0 aliphatic heterocycles. The molecule has 0 aliphatic rings. The van der Waals surface area contributed by atoms with Crippen molar-refractivity contribution in [2.45, 2.75) is 26.4 Å². The molecule has 0 heterocycles. The summed E-state index contributed by atoms with van der Waals surface area (Å²) in [6.07, 6.45) is 0.0294. The van der Waals surface area contributed by atoms with Gasteiger partial charge < -0.3 is 10.1 Å². The minimum Gasteiger partial charge on any atom is -0.463 e. The Balaban J connectivity index is 2.33. The van der Waals surface area contributed by atoms with Gasteiger partial charge >= 0.3 is 5.97 Å². The average molecular weight is 270 g/mol. The molecule has 0 atom stereocenters. The van der Waals surface area contributed by atoms with Crippen LogP contribution >= 0.6 is 11.6 Å². The third-order valence-corrected chi connectivity index (χ3v) is 2.34. The molecule has 1 rings (SSSR count). The van der Waals surface area contributed by atoms with Gasteiger partial charge in [-0.2, -0.15) is 0 Å². The monoisotopic (exact) mass is 269 g/mol. The second kappa shape index (κ2) is 7.01. The molecule has 98 valence electrons. The zero-order valence-corrected chi connectivity index (χ0v) is 11.2. The van der Waals surface area contributed by atoms with Crippen molar-refractivity contribution < 1.29 is 14.3 Å². The summed E-state index contributed by atoms with van der Waals surface area (Å²) < 4.78 is 4.95. The first kappa shape index (κ1) is 14.5. The highest BCUT2D eigenvalue weighted by Gasteiger charge is 2.08. The van der Waals surface area contributed by atoms with E-state index in [1.807, 2.05) is 0 Å². The lowest BCUT2D eigenvalue weighted by Gasteiger charge is -2.08. The van der Waals surface area contributed by atoms with E-state index in [9.17, 15) is 9.59 Å². The number of carbonyl (C=O) groups excluding carboxylic acids is 2. The van der Waals surface area contributed by atoms with Crippen LogP contribution in [-0.4, -0.2) is 24.5 Å². The van der Waals surface area contributed by atoms with E-state index < -0.39 is 0 Å². The van der Waals surface area contributed by atoms with E-state index in [0.29, 0.717) is 10.6 Å². The van der Waals surface area contributed by atoms with Crippen molar-refractivity contribution in [3.8, 4) is 0 Å². The molecular formula is C13H16ClNO3. The predicted molar refractivity (Wildman–Crippen MR) is 69.6 cm³/mol. The minimum atomic E-state index is -0.318. The van der Waals surface area contributed by atoms with Crippen LogP contribution in [0.1, 0.15) is 30.6 Å². The van der Waals surface area contributed by atoms with Gasteiger partial charge in [-0.25, -0.2) is 0 Å². The van der Waals surface area contributed by atoms with Gasteiger partial charge in [-0.05, 0) is 38.1 Å². The molecule has 1 aromatic carbocycles. The molecule has 0 fully saturated rings. The molecule has 1 N–H and O–H groups in total. The number of carbonyl (C=O) groups is 2.